The molecular formula is C21H32N2O4. The normalized spacial score (nSPS) is 12.0. The monoisotopic (exact) mass is 376 g/mol. The molecule has 0 saturated heterocycles. The zero-order valence-electron chi connectivity index (χ0n) is 16.3. The smallest absolute Gasteiger partial charge is 0.407 e. The summed E-state index contributed by atoms with van der Waals surface area (Å²) < 4.78 is 5.14. The molecule has 1 N–H and O–H groups in total. The molecule has 1 aromatic rings. The number of carbonyl (C=O) groups excluding carboxylic acids is 1. The highest BCUT2D eigenvalue weighted by Crippen LogP contribution is 2.07. The number of unbranched alkanes of at least 4 members (excludes halogenated alkanes) is 5. The summed E-state index contributed by atoms with van der Waals surface area (Å²) in [6.07, 6.45) is 12.1. The van der Waals surface area contributed by atoms with E-state index in [0.717, 1.165) is 12.0 Å². The third kappa shape index (κ3) is 12.6. The first-order chi connectivity index (χ1) is 13.1. The van der Waals surface area contributed by atoms with Crippen LogP contribution in [0.15, 0.2) is 42.5 Å². The highest BCUT2D eigenvalue weighted by Gasteiger charge is 2.18. The molecule has 0 fully saturated rings. The van der Waals surface area contributed by atoms with Gasteiger partial charge in [0.25, 0.3) is 0 Å². The van der Waals surface area contributed by atoms with Gasteiger partial charge in [0.2, 0.25) is 6.54 Å². The van der Waals surface area contributed by atoms with E-state index in [1.807, 2.05) is 36.4 Å². The van der Waals surface area contributed by atoms with Crippen molar-refractivity contribution in [3.63, 3.8) is 0 Å². The maximum Gasteiger partial charge on any atom is 0.407 e. The van der Waals surface area contributed by atoms with E-state index in [9.17, 15) is 14.9 Å². The summed E-state index contributed by atoms with van der Waals surface area (Å²) in [6, 6.07) is 8.79. The van der Waals surface area contributed by atoms with Crippen LogP contribution in [0.3, 0.4) is 0 Å². The van der Waals surface area contributed by atoms with Crippen LogP contribution in [0, 0.1) is 10.1 Å². The van der Waals surface area contributed by atoms with Crippen LogP contribution in [0.2, 0.25) is 0 Å². The van der Waals surface area contributed by atoms with Crippen molar-refractivity contribution in [2.24, 2.45) is 0 Å². The SMILES string of the molecule is CCCCCCC/C=C/CCC(C[N+](=O)[O-])NC(=O)OCc1ccccc1. The largest absolute Gasteiger partial charge is 0.445 e. The second-order valence-electron chi connectivity index (χ2n) is 6.67. The Morgan fingerprint density at radius 2 is 1.85 bits per heavy atom. The molecule has 1 aromatic carbocycles. The molecule has 1 atom stereocenters. The van der Waals surface area contributed by atoms with Crippen molar-refractivity contribution in [3.05, 3.63) is 58.2 Å². The molecule has 27 heavy (non-hydrogen) atoms. The summed E-state index contributed by atoms with van der Waals surface area (Å²) in [5.74, 6) is 0. The molecular weight excluding hydrogens is 344 g/mol. The number of rotatable bonds is 14. The van der Waals surface area contributed by atoms with E-state index in [2.05, 4.69) is 18.3 Å². The Bertz CT molecular complexity index is 561. The standard InChI is InChI=1S/C21H32N2O4/c1-2-3-4-5-6-7-8-9-13-16-20(17-23(25)26)22-21(24)27-18-19-14-11-10-12-15-19/h8-12,14-15,20H,2-7,13,16-18H2,1H3,(H,22,24)/b9-8+. The van der Waals surface area contributed by atoms with Crippen LogP contribution >= 0.6 is 0 Å². The molecule has 1 amide bonds. The molecule has 1 rings (SSSR count). The fraction of sp³-hybridized carbons (Fsp3) is 0.571. The van der Waals surface area contributed by atoms with Gasteiger partial charge in [0, 0.05) is 4.92 Å². The summed E-state index contributed by atoms with van der Waals surface area (Å²) in [5.41, 5.74) is 0.875. The van der Waals surface area contributed by atoms with Gasteiger partial charge in [-0.25, -0.2) is 4.79 Å². The van der Waals surface area contributed by atoms with Crippen molar-refractivity contribution in [1.29, 1.82) is 0 Å². The van der Waals surface area contributed by atoms with Gasteiger partial charge in [0.15, 0.2) is 0 Å². The van der Waals surface area contributed by atoms with E-state index in [1.165, 1.54) is 32.1 Å². The molecule has 0 aromatic heterocycles. The minimum atomic E-state index is -0.620. The Morgan fingerprint density at radius 1 is 1.15 bits per heavy atom. The van der Waals surface area contributed by atoms with Crippen LogP contribution in [0.1, 0.15) is 63.9 Å². The van der Waals surface area contributed by atoms with Crippen molar-refractivity contribution in [2.45, 2.75) is 70.9 Å². The first kappa shape index (κ1) is 22.7. The van der Waals surface area contributed by atoms with E-state index in [4.69, 9.17) is 4.74 Å². The Hall–Kier alpha value is -2.37. The number of carbonyl (C=O) groups is 1. The van der Waals surface area contributed by atoms with Crippen molar-refractivity contribution >= 4 is 6.09 Å². The van der Waals surface area contributed by atoms with Crippen LogP contribution < -0.4 is 5.32 Å². The fourth-order valence-electron chi connectivity index (χ4n) is 2.72. The number of benzene rings is 1. The summed E-state index contributed by atoms with van der Waals surface area (Å²) in [6.45, 7) is 2.05. The van der Waals surface area contributed by atoms with E-state index < -0.39 is 17.1 Å². The minimum Gasteiger partial charge on any atom is -0.445 e. The van der Waals surface area contributed by atoms with Gasteiger partial charge in [0.1, 0.15) is 6.61 Å². The van der Waals surface area contributed by atoms with Crippen molar-refractivity contribution < 1.29 is 14.5 Å². The molecule has 150 valence electrons. The lowest BCUT2D eigenvalue weighted by molar-refractivity contribution is -0.483. The van der Waals surface area contributed by atoms with Crippen LogP contribution in [0.4, 0.5) is 4.79 Å². The Kier molecular flexibility index (Phi) is 12.4. The molecule has 6 heteroatoms. The summed E-state index contributed by atoms with van der Waals surface area (Å²) in [7, 11) is 0. The quantitative estimate of drug-likeness (QED) is 0.208. The molecule has 0 heterocycles. The number of amides is 1. The fourth-order valence-corrected chi connectivity index (χ4v) is 2.72. The third-order valence-corrected chi connectivity index (χ3v) is 4.23. The van der Waals surface area contributed by atoms with Gasteiger partial charge in [-0.1, -0.05) is 75.1 Å². The highest BCUT2D eigenvalue weighted by molar-refractivity contribution is 5.67. The highest BCUT2D eigenvalue weighted by atomic mass is 16.6. The Morgan fingerprint density at radius 3 is 2.56 bits per heavy atom. The van der Waals surface area contributed by atoms with E-state index in [1.54, 1.807) is 0 Å². The molecule has 0 bridgehead atoms. The van der Waals surface area contributed by atoms with Gasteiger partial charge >= 0.3 is 6.09 Å². The van der Waals surface area contributed by atoms with Crippen molar-refractivity contribution in [3.8, 4) is 0 Å². The van der Waals surface area contributed by atoms with Crippen LogP contribution in [0.25, 0.3) is 0 Å². The number of nitro groups is 1. The number of alkyl carbamates (subject to hydrolysis) is 1. The molecule has 0 spiro atoms. The lowest BCUT2D eigenvalue weighted by Gasteiger charge is -2.14. The lowest BCUT2D eigenvalue weighted by Crippen LogP contribution is -2.39. The molecule has 1 unspecified atom stereocenters. The first-order valence-corrected chi connectivity index (χ1v) is 9.85. The number of ether oxygens (including phenoxy) is 1. The van der Waals surface area contributed by atoms with Crippen molar-refractivity contribution in [2.75, 3.05) is 6.54 Å². The predicted molar refractivity (Wildman–Crippen MR) is 107 cm³/mol. The molecule has 0 radical (unpaired) electrons. The minimum absolute atomic E-state index is 0.149. The second-order valence-corrected chi connectivity index (χ2v) is 6.67. The van der Waals surface area contributed by atoms with E-state index in [0.29, 0.717) is 12.8 Å². The predicted octanol–water partition coefficient (Wildman–Crippen LogP) is 5.26. The van der Waals surface area contributed by atoms with E-state index >= 15 is 0 Å². The number of hydrogen-bond acceptors (Lipinski definition) is 4. The van der Waals surface area contributed by atoms with E-state index in [-0.39, 0.29) is 13.2 Å². The maximum atomic E-state index is 11.9. The van der Waals surface area contributed by atoms with Crippen molar-refractivity contribution in [1.82, 2.24) is 5.32 Å². The van der Waals surface area contributed by atoms with Gasteiger partial charge in [-0.3, -0.25) is 10.1 Å². The van der Waals surface area contributed by atoms with Gasteiger partial charge < -0.3 is 10.1 Å². The van der Waals surface area contributed by atoms with Crippen LogP contribution in [-0.2, 0) is 11.3 Å². The summed E-state index contributed by atoms with van der Waals surface area (Å²) in [5, 5.41) is 13.4. The topological polar surface area (TPSA) is 81.5 Å². The van der Waals surface area contributed by atoms with Gasteiger partial charge in [-0.15, -0.1) is 0 Å². The maximum absolute atomic E-state index is 11.9. The summed E-state index contributed by atoms with van der Waals surface area (Å²) >= 11 is 0. The number of allylic oxidation sites excluding steroid dienone is 2. The lowest BCUT2D eigenvalue weighted by atomic mass is 10.1. The zero-order chi connectivity index (χ0) is 19.7. The molecule has 0 aliphatic heterocycles. The number of nitrogens with zero attached hydrogens (tertiary/aromatic N) is 1. The zero-order valence-corrected chi connectivity index (χ0v) is 16.3. The molecule has 6 nitrogen and oxygen atoms in total. The van der Waals surface area contributed by atoms with Gasteiger partial charge in [-0.2, -0.15) is 0 Å². The van der Waals surface area contributed by atoms with Crippen LogP contribution in [-0.4, -0.2) is 23.6 Å². The molecule has 0 aliphatic rings. The Balaban J connectivity index is 2.26. The van der Waals surface area contributed by atoms with Crippen LogP contribution in [0.5, 0.6) is 0 Å². The first-order valence-electron chi connectivity index (χ1n) is 9.85. The average molecular weight is 376 g/mol. The third-order valence-electron chi connectivity index (χ3n) is 4.23. The van der Waals surface area contributed by atoms with Gasteiger partial charge in [0.05, 0.1) is 6.04 Å². The summed E-state index contributed by atoms with van der Waals surface area (Å²) in [4.78, 5) is 22.3. The Labute approximate surface area is 162 Å². The average Bonchev–Trinajstić information content (AvgIpc) is 2.65. The number of nitrogens with one attached hydrogen (secondary N) is 1. The van der Waals surface area contributed by atoms with Gasteiger partial charge in [-0.05, 0) is 31.2 Å². The number of hydrogen-bond donors (Lipinski definition) is 1. The second kappa shape index (κ2) is 14.8. The molecule has 0 aliphatic carbocycles. The molecule has 0 saturated carbocycles.